The Hall–Kier alpha value is -4.35. The van der Waals surface area contributed by atoms with Crippen molar-refractivity contribution in [3.63, 3.8) is 0 Å². The van der Waals surface area contributed by atoms with Gasteiger partial charge in [0, 0.05) is 22.1 Å². The van der Waals surface area contributed by atoms with E-state index in [1.807, 2.05) is 0 Å². The Kier molecular flexibility index (Phi) is 6.62. The van der Waals surface area contributed by atoms with E-state index in [4.69, 9.17) is 4.74 Å². The Bertz CT molecular complexity index is 2110. The second-order valence-electron chi connectivity index (χ2n) is 15.3. The topological polar surface area (TPSA) is 33.0 Å². The third-order valence-electron chi connectivity index (χ3n) is 13.2. The van der Waals surface area contributed by atoms with Gasteiger partial charge in [0.1, 0.15) is 11.5 Å². The Morgan fingerprint density at radius 3 is 2.48 bits per heavy atom. The van der Waals surface area contributed by atoms with Gasteiger partial charge in [-0.05, 0) is 150 Å². The zero-order chi connectivity index (χ0) is 31.8. The van der Waals surface area contributed by atoms with Gasteiger partial charge in [0.2, 0.25) is 0 Å². The van der Waals surface area contributed by atoms with Crippen molar-refractivity contribution in [3.05, 3.63) is 124 Å². The van der Waals surface area contributed by atoms with Gasteiger partial charge in [-0.15, -0.1) is 0 Å². The largest absolute Gasteiger partial charge is 0.457 e. The second-order valence-corrected chi connectivity index (χ2v) is 15.3. The number of ether oxygens (including phenoxy) is 1. The summed E-state index contributed by atoms with van der Waals surface area (Å²) in [6, 6.07) is 19.0. The molecule has 7 aliphatic rings. The molecule has 2 heteroatoms. The third-order valence-corrected chi connectivity index (χ3v) is 13.2. The summed E-state index contributed by atoms with van der Waals surface area (Å²) in [6.07, 6.45) is 33.1. The first kappa shape index (κ1) is 28.6. The lowest BCUT2D eigenvalue weighted by molar-refractivity contribution is 0.183. The number of fused-ring (bicyclic) bond motifs is 11. The van der Waals surface area contributed by atoms with E-state index < -0.39 is 0 Å². The maximum atomic E-state index is 10.2. The predicted molar refractivity (Wildman–Crippen MR) is 196 cm³/mol. The van der Waals surface area contributed by atoms with Crippen LogP contribution in [0.2, 0.25) is 0 Å². The maximum absolute atomic E-state index is 10.2. The van der Waals surface area contributed by atoms with E-state index in [0.717, 1.165) is 68.4 Å². The van der Waals surface area contributed by atoms with Crippen LogP contribution in [0.4, 0.5) is 0 Å². The van der Waals surface area contributed by atoms with Crippen LogP contribution in [-0.2, 0) is 11.8 Å². The number of benzene rings is 3. The highest BCUT2D eigenvalue weighted by Gasteiger charge is 2.64. The van der Waals surface area contributed by atoms with Gasteiger partial charge in [0.25, 0.3) is 0 Å². The molecule has 5 atom stereocenters. The Morgan fingerprint density at radius 2 is 1.60 bits per heavy atom. The molecule has 0 amide bonds. The minimum Gasteiger partial charge on any atom is -0.457 e. The molecule has 0 saturated heterocycles. The summed E-state index contributed by atoms with van der Waals surface area (Å²) < 4.78 is 6.90. The highest BCUT2D eigenvalue weighted by molar-refractivity contribution is 6.09. The first-order valence-electron chi connectivity index (χ1n) is 18.7. The molecule has 3 aromatic carbocycles. The molecule has 1 heterocycles. The van der Waals surface area contributed by atoms with E-state index >= 15 is 0 Å². The molecule has 2 fully saturated rings. The van der Waals surface area contributed by atoms with Gasteiger partial charge >= 0.3 is 0 Å². The molecule has 0 N–H and O–H groups in total. The van der Waals surface area contributed by atoms with Gasteiger partial charge < -0.3 is 4.74 Å². The van der Waals surface area contributed by atoms with Gasteiger partial charge in [0.05, 0.1) is 6.07 Å². The first-order chi connectivity index (χ1) is 23.8. The number of rotatable bonds is 2. The van der Waals surface area contributed by atoms with Gasteiger partial charge in [0.15, 0.2) is 0 Å². The summed E-state index contributed by atoms with van der Waals surface area (Å²) >= 11 is 0. The van der Waals surface area contributed by atoms with E-state index in [9.17, 15) is 5.26 Å². The minimum absolute atomic E-state index is 0.155. The van der Waals surface area contributed by atoms with Crippen molar-refractivity contribution in [1.82, 2.24) is 0 Å². The van der Waals surface area contributed by atoms with E-state index in [-0.39, 0.29) is 5.41 Å². The van der Waals surface area contributed by atoms with Crippen molar-refractivity contribution in [2.75, 3.05) is 0 Å². The van der Waals surface area contributed by atoms with Crippen LogP contribution < -0.4 is 4.74 Å². The molecule has 1 spiro atoms. The quantitative estimate of drug-likeness (QED) is 0.284. The van der Waals surface area contributed by atoms with Crippen LogP contribution in [-0.4, -0.2) is 0 Å². The molecule has 0 radical (unpaired) electrons. The second kappa shape index (κ2) is 11.1. The van der Waals surface area contributed by atoms with Crippen molar-refractivity contribution in [2.45, 2.75) is 82.5 Å². The molecule has 6 aliphatic carbocycles. The zero-order valence-corrected chi connectivity index (χ0v) is 27.8. The summed E-state index contributed by atoms with van der Waals surface area (Å²) in [5.41, 5.74) is 12.0. The van der Waals surface area contributed by atoms with E-state index in [0.29, 0.717) is 23.7 Å². The molecular weight excluding hydrogens is 583 g/mol. The molecule has 0 bridgehead atoms. The average Bonchev–Trinajstić information content (AvgIpc) is 3.44. The molecule has 0 aromatic heterocycles. The van der Waals surface area contributed by atoms with E-state index in [1.165, 1.54) is 81.0 Å². The highest BCUT2D eigenvalue weighted by atomic mass is 16.5. The molecule has 10 rings (SSSR count). The van der Waals surface area contributed by atoms with E-state index in [2.05, 4.69) is 97.1 Å². The van der Waals surface area contributed by atoms with Crippen LogP contribution in [0.15, 0.2) is 102 Å². The summed E-state index contributed by atoms with van der Waals surface area (Å²) in [5.74, 6) is 4.35. The molecule has 48 heavy (non-hydrogen) atoms. The molecule has 2 nitrogen and oxygen atoms in total. The standard InChI is InChI=1S/C46H43NO/c47-28-29-22-24-33-32-14-8-9-19-38(32)46(40(33)26-29)39-20-10-11-21-42(39)48-43-25-23-31(27-41(43)46)45-36-17-6-4-15-34(36)44(30-12-2-1-3-13-30)35-16-5-7-18-37(35)45/h2,4,6-7,12-13,15,17-18,20-21,23,25-27,32-33,38,40H,1,3,5,8-11,14,16,19,22,24H2. The van der Waals surface area contributed by atoms with Crippen molar-refractivity contribution < 1.29 is 4.74 Å². The number of hydrogen-bond donors (Lipinski definition) is 0. The zero-order valence-electron chi connectivity index (χ0n) is 27.8. The van der Waals surface area contributed by atoms with Crippen molar-refractivity contribution in [2.24, 2.45) is 23.7 Å². The predicted octanol–water partition coefficient (Wildman–Crippen LogP) is 11.7. The number of hydrogen-bond acceptors (Lipinski definition) is 2. The normalized spacial score (nSPS) is 29.6. The monoisotopic (exact) mass is 625 g/mol. The van der Waals surface area contributed by atoms with Crippen LogP contribution in [0.3, 0.4) is 0 Å². The molecule has 2 saturated carbocycles. The van der Waals surface area contributed by atoms with Gasteiger partial charge in [-0.3, -0.25) is 0 Å². The fourth-order valence-corrected chi connectivity index (χ4v) is 11.5. The summed E-state index contributed by atoms with van der Waals surface area (Å²) in [4.78, 5) is 0. The SMILES string of the molecule is N#CC1=CC2C(CC1)C1CCCCC1C21C2=CCCC=C2Oc2ccc(-c3c4c(c(C5=CCCC=C5)c5ccccc35)CCC=C4)cc21. The van der Waals surface area contributed by atoms with Crippen LogP contribution in [0, 0.1) is 35.0 Å². The fourth-order valence-electron chi connectivity index (χ4n) is 11.5. The minimum atomic E-state index is -0.155. The number of nitrogens with zero attached hydrogens (tertiary/aromatic N) is 1. The summed E-state index contributed by atoms with van der Waals surface area (Å²) in [7, 11) is 0. The van der Waals surface area contributed by atoms with Crippen LogP contribution in [0.5, 0.6) is 5.75 Å². The van der Waals surface area contributed by atoms with Gasteiger partial charge in [-0.2, -0.15) is 5.26 Å². The lowest BCUT2D eigenvalue weighted by Crippen LogP contribution is -2.45. The lowest BCUT2D eigenvalue weighted by Gasteiger charge is -2.49. The van der Waals surface area contributed by atoms with Crippen molar-refractivity contribution in [1.29, 1.82) is 5.26 Å². The molecule has 1 aliphatic heterocycles. The maximum Gasteiger partial charge on any atom is 0.131 e. The Morgan fingerprint density at radius 1 is 0.771 bits per heavy atom. The lowest BCUT2D eigenvalue weighted by atomic mass is 9.56. The van der Waals surface area contributed by atoms with Crippen molar-refractivity contribution in [3.8, 4) is 22.9 Å². The van der Waals surface area contributed by atoms with E-state index in [1.54, 1.807) is 0 Å². The first-order valence-corrected chi connectivity index (χ1v) is 18.7. The smallest absolute Gasteiger partial charge is 0.131 e. The third kappa shape index (κ3) is 3.97. The molecule has 238 valence electrons. The van der Waals surface area contributed by atoms with Gasteiger partial charge in [-0.25, -0.2) is 0 Å². The molecule has 5 unspecified atom stereocenters. The average molecular weight is 626 g/mol. The molecular formula is C46H43NO. The fraction of sp³-hybridized carbons (Fsp3) is 0.370. The van der Waals surface area contributed by atoms with Crippen LogP contribution >= 0.6 is 0 Å². The molecule has 3 aromatic rings. The summed E-state index contributed by atoms with van der Waals surface area (Å²) in [5, 5.41) is 12.9. The number of allylic oxidation sites excluding steroid dienone is 10. The Balaban J connectivity index is 1.26. The van der Waals surface area contributed by atoms with Crippen LogP contribution in [0.1, 0.15) is 92.9 Å². The number of nitriles is 1. The summed E-state index contributed by atoms with van der Waals surface area (Å²) in [6.45, 7) is 0. The van der Waals surface area contributed by atoms with Crippen LogP contribution in [0.25, 0.3) is 33.5 Å². The van der Waals surface area contributed by atoms with Crippen molar-refractivity contribution >= 4 is 22.4 Å². The van der Waals surface area contributed by atoms with Gasteiger partial charge in [-0.1, -0.05) is 85.7 Å². The Labute approximate surface area is 284 Å². The highest BCUT2D eigenvalue weighted by Crippen LogP contribution is 2.69.